The molecule has 0 fully saturated rings. The molecule has 1 atom stereocenters. The van der Waals surface area contributed by atoms with Gasteiger partial charge in [-0.05, 0) is 30.5 Å². The van der Waals surface area contributed by atoms with Crippen LogP contribution >= 0.6 is 11.6 Å². The Hall–Kier alpha value is -1.27. The minimum Gasteiger partial charge on any atom is -0.117 e. The Morgan fingerprint density at radius 1 is 0.947 bits per heavy atom. The fourth-order valence-electron chi connectivity index (χ4n) is 2.51. The quantitative estimate of drug-likeness (QED) is 0.642. The van der Waals surface area contributed by atoms with Gasteiger partial charge in [0.2, 0.25) is 0 Å². The maximum atomic E-state index is 6.79. The summed E-state index contributed by atoms with van der Waals surface area (Å²) in [6.45, 7) is 8.67. The highest BCUT2D eigenvalue weighted by Gasteiger charge is 2.31. The van der Waals surface area contributed by atoms with E-state index in [4.69, 9.17) is 11.6 Å². The van der Waals surface area contributed by atoms with Crippen molar-refractivity contribution in [2.24, 2.45) is 0 Å². The van der Waals surface area contributed by atoms with Crippen molar-refractivity contribution in [2.75, 3.05) is 0 Å². The SMILES string of the molecule is Cc1ccc(C(Cl)C(C)(C)c2ccccc2)c(C)c1. The molecule has 0 amide bonds. The average Bonchev–Trinajstić information content (AvgIpc) is 2.39. The van der Waals surface area contributed by atoms with Crippen molar-refractivity contribution < 1.29 is 0 Å². The maximum Gasteiger partial charge on any atom is 0.0679 e. The Morgan fingerprint density at radius 3 is 2.16 bits per heavy atom. The van der Waals surface area contributed by atoms with Crippen molar-refractivity contribution in [1.29, 1.82) is 0 Å². The van der Waals surface area contributed by atoms with Crippen LogP contribution in [0.3, 0.4) is 0 Å². The van der Waals surface area contributed by atoms with Crippen LogP contribution in [0.15, 0.2) is 48.5 Å². The Labute approximate surface area is 121 Å². The molecule has 2 rings (SSSR count). The number of hydrogen-bond acceptors (Lipinski definition) is 0. The van der Waals surface area contributed by atoms with Crippen LogP contribution in [0.2, 0.25) is 0 Å². The van der Waals surface area contributed by atoms with E-state index in [9.17, 15) is 0 Å². The zero-order valence-corrected chi connectivity index (χ0v) is 12.8. The van der Waals surface area contributed by atoms with Crippen LogP contribution in [0.4, 0.5) is 0 Å². The molecule has 0 N–H and O–H groups in total. The number of rotatable bonds is 3. The van der Waals surface area contributed by atoms with E-state index in [2.05, 4.69) is 70.2 Å². The first kappa shape index (κ1) is 14.1. The maximum absolute atomic E-state index is 6.79. The third kappa shape index (κ3) is 2.84. The lowest BCUT2D eigenvalue weighted by Gasteiger charge is -2.32. The van der Waals surface area contributed by atoms with E-state index in [0.29, 0.717) is 0 Å². The van der Waals surface area contributed by atoms with Crippen molar-refractivity contribution in [1.82, 2.24) is 0 Å². The highest BCUT2D eigenvalue weighted by molar-refractivity contribution is 6.21. The third-order valence-electron chi connectivity index (χ3n) is 3.85. The summed E-state index contributed by atoms with van der Waals surface area (Å²) < 4.78 is 0. The van der Waals surface area contributed by atoms with Crippen LogP contribution in [0.25, 0.3) is 0 Å². The average molecular weight is 273 g/mol. The van der Waals surface area contributed by atoms with Gasteiger partial charge in [0.1, 0.15) is 0 Å². The topological polar surface area (TPSA) is 0 Å². The molecule has 0 spiro atoms. The van der Waals surface area contributed by atoms with Crippen molar-refractivity contribution in [2.45, 2.75) is 38.5 Å². The molecule has 2 aromatic rings. The van der Waals surface area contributed by atoms with E-state index < -0.39 is 0 Å². The minimum atomic E-state index is -0.0944. The molecule has 0 aliphatic rings. The molecule has 0 bridgehead atoms. The summed E-state index contributed by atoms with van der Waals surface area (Å²) in [5.74, 6) is 0. The molecule has 0 heterocycles. The molecule has 2 aromatic carbocycles. The number of benzene rings is 2. The monoisotopic (exact) mass is 272 g/mol. The Balaban J connectivity index is 2.40. The molecule has 0 aliphatic heterocycles. The fraction of sp³-hybridized carbons (Fsp3) is 0.333. The number of aryl methyl sites for hydroxylation is 2. The summed E-state index contributed by atoms with van der Waals surface area (Å²) >= 11 is 6.79. The molecular formula is C18H21Cl. The summed E-state index contributed by atoms with van der Waals surface area (Å²) in [6, 6.07) is 17.0. The van der Waals surface area contributed by atoms with Gasteiger partial charge in [-0.15, -0.1) is 11.6 Å². The van der Waals surface area contributed by atoms with Crippen LogP contribution in [0.1, 0.15) is 41.5 Å². The van der Waals surface area contributed by atoms with E-state index >= 15 is 0 Å². The van der Waals surface area contributed by atoms with Gasteiger partial charge >= 0.3 is 0 Å². The van der Waals surface area contributed by atoms with Gasteiger partial charge in [-0.3, -0.25) is 0 Å². The van der Waals surface area contributed by atoms with Crippen LogP contribution in [0, 0.1) is 13.8 Å². The summed E-state index contributed by atoms with van der Waals surface area (Å²) in [6.07, 6.45) is 0. The van der Waals surface area contributed by atoms with Crippen LogP contribution in [-0.4, -0.2) is 0 Å². The summed E-state index contributed by atoms with van der Waals surface area (Å²) in [7, 11) is 0. The van der Waals surface area contributed by atoms with Crippen LogP contribution in [-0.2, 0) is 5.41 Å². The van der Waals surface area contributed by atoms with Gasteiger partial charge in [0.25, 0.3) is 0 Å². The molecule has 100 valence electrons. The van der Waals surface area contributed by atoms with Gasteiger partial charge in [-0.25, -0.2) is 0 Å². The first-order valence-corrected chi connectivity index (χ1v) is 7.13. The molecular weight excluding hydrogens is 252 g/mol. The lowest BCUT2D eigenvalue weighted by Crippen LogP contribution is -2.24. The zero-order valence-electron chi connectivity index (χ0n) is 12.1. The van der Waals surface area contributed by atoms with Crippen molar-refractivity contribution >= 4 is 11.6 Å². The number of alkyl halides is 1. The minimum absolute atomic E-state index is 0.0319. The van der Waals surface area contributed by atoms with E-state index in [1.54, 1.807) is 0 Å². The summed E-state index contributed by atoms with van der Waals surface area (Å²) in [5.41, 5.74) is 4.95. The highest BCUT2D eigenvalue weighted by Crippen LogP contribution is 2.42. The Morgan fingerprint density at radius 2 is 1.58 bits per heavy atom. The molecule has 0 aromatic heterocycles. The normalized spacial score (nSPS) is 13.3. The largest absolute Gasteiger partial charge is 0.117 e. The first-order valence-electron chi connectivity index (χ1n) is 6.69. The second-order valence-corrected chi connectivity index (χ2v) is 6.25. The lowest BCUT2D eigenvalue weighted by atomic mass is 9.78. The van der Waals surface area contributed by atoms with E-state index in [1.807, 2.05) is 6.07 Å². The van der Waals surface area contributed by atoms with Gasteiger partial charge in [-0.1, -0.05) is 67.9 Å². The molecule has 0 aliphatic carbocycles. The second-order valence-electron chi connectivity index (χ2n) is 5.81. The van der Waals surface area contributed by atoms with Crippen molar-refractivity contribution in [3.05, 3.63) is 70.8 Å². The van der Waals surface area contributed by atoms with Crippen molar-refractivity contribution in [3.8, 4) is 0 Å². The summed E-state index contributed by atoms with van der Waals surface area (Å²) in [4.78, 5) is 0. The molecule has 0 saturated carbocycles. The molecule has 0 saturated heterocycles. The van der Waals surface area contributed by atoms with Gasteiger partial charge in [0, 0.05) is 5.41 Å². The molecule has 1 heteroatoms. The summed E-state index contributed by atoms with van der Waals surface area (Å²) in [5, 5.41) is -0.0319. The second kappa shape index (κ2) is 5.38. The number of halogens is 1. The smallest absolute Gasteiger partial charge is 0.0679 e. The van der Waals surface area contributed by atoms with Crippen LogP contribution < -0.4 is 0 Å². The molecule has 19 heavy (non-hydrogen) atoms. The zero-order chi connectivity index (χ0) is 14.0. The van der Waals surface area contributed by atoms with Gasteiger partial charge in [0.15, 0.2) is 0 Å². The predicted octanol–water partition coefficient (Wildman–Crippen LogP) is 5.56. The lowest BCUT2D eigenvalue weighted by molar-refractivity contribution is 0.503. The van der Waals surface area contributed by atoms with E-state index in [1.165, 1.54) is 22.3 Å². The van der Waals surface area contributed by atoms with Gasteiger partial charge in [-0.2, -0.15) is 0 Å². The first-order chi connectivity index (χ1) is 8.93. The molecule has 0 radical (unpaired) electrons. The third-order valence-corrected chi connectivity index (χ3v) is 4.63. The van der Waals surface area contributed by atoms with E-state index in [0.717, 1.165) is 0 Å². The van der Waals surface area contributed by atoms with Crippen LogP contribution in [0.5, 0.6) is 0 Å². The highest BCUT2D eigenvalue weighted by atomic mass is 35.5. The standard InChI is InChI=1S/C18H21Cl/c1-13-10-11-16(14(2)12-13)17(19)18(3,4)15-8-6-5-7-9-15/h5-12,17H,1-4H3. The predicted molar refractivity (Wildman–Crippen MR) is 84.0 cm³/mol. The van der Waals surface area contributed by atoms with Crippen molar-refractivity contribution in [3.63, 3.8) is 0 Å². The Kier molecular flexibility index (Phi) is 4.01. The Bertz CT molecular complexity index is 555. The fourth-order valence-corrected chi connectivity index (χ4v) is 2.88. The van der Waals surface area contributed by atoms with Gasteiger partial charge < -0.3 is 0 Å². The number of hydrogen-bond donors (Lipinski definition) is 0. The van der Waals surface area contributed by atoms with E-state index in [-0.39, 0.29) is 10.8 Å². The molecule has 1 unspecified atom stereocenters. The molecule has 0 nitrogen and oxygen atoms in total. The van der Waals surface area contributed by atoms with Gasteiger partial charge in [0.05, 0.1) is 5.38 Å².